The maximum atomic E-state index is 9.67. The number of rotatable bonds is 4. The van der Waals surface area contributed by atoms with Gasteiger partial charge in [-0.3, -0.25) is 0 Å². The maximum Gasteiger partial charge on any atom is 0.294 e. The van der Waals surface area contributed by atoms with Crippen LogP contribution in [0.25, 0.3) is 0 Å². The predicted octanol–water partition coefficient (Wildman–Crippen LogP) is -0.0423. The van der Waals surface area contributed by atoms with Crippen molar-refractivity contribution in [3.63, 3.8) is 0 Å². The molecule has 0 saturated carbocycles. The van der Waals surface area contributed by atoms with Crippen LogP contribution in [0.4, 0.5) is 0 Å². The van der Waals surface area contributed by atoms with Crippen LogP contribution >= 0.6 is 0 Å². The summed E-state index contributed by atoms with van der Waals surface area (Å²) >= 11 is 0. The summed E-state index contributed by atoms with van der Waals surface area (Å²) in [4.78, 5) is 13.7. The summed E-state index contributed by atoms with van der Waals surface area (Å²) in [6.07, 6.45) is 0.0796. The monoisotopic (exact) mass is 163 g/mol. The highest BCUT2D eigenvalue weighted by molar-refractivity contribution is 4.49. The Hall–Kier alpha value is -0.880. The lowest BCUT2D eigenvalue weighted by Crippen LogP contribution is -2.13. The molecule has 64 valence electrons. The Balaban J connectivity index is 1.98. The van der Waals surface area contributed by atoms with E-state index in [4.69, 9.17) is 9.47 Å². The fourth-order valence-corrected chi connectivity index (χ4v) is 0.797. The van der Waals surface area contributed by atoms with Gasteiger partial charge in [0.25, 0.3) is 5.09 Å². The van der Waals surface area contributed by atoms with Gasteiger partial charge in [-0.15, -0.1) is 10.1 Å². The molecule has 0 aromatic heterocycles. The molecule has 0 bridgehead atoms. The molecule has 0 N–H and O–H groups in total. The Bertz CT molecular complexity index is 133. The Morgan fingerprint density at radius 3 is 2.73 bits per heavy atom. The van der Waals surface area contributed by atoms with E-state index in [0.717, 1.165) is 0 Å². The lowest BCUT2D eigenvalue weighted by Gasteiger charge is -2.06. The average Bonchev–Trinajstić information content (AvgIpc) is 2.39. The van der Waals surface area contributed by atoms with Gasteiger partial charge in [0.15, 0.2) is 6.29 Å². The van der Waals surface area contributed by atoms with Gasteiger partial charge < -0.3 is 14.3 Å². The van der Waals surface area contributed by atoms with Gasteiger partial charge in [0.1, 0.15) is 6.61 Å². The summed E-state index contributed by atoms with van der Waals surface area (Å²) in [6, 6.07) is 0. The molecular formula is C5H9NO5. The van der Waals surface area contributed by atoms with E-state index in [0.29, 0.717) is 19.6 Å². The van der Waals surface area contributed by atoms with E-state index in [1.165, 1.54) is 0 Å². The molecular weight excluding hydrogens is 154 g/mol. The van der Waals surface area contributed by atoms with E-state index >= 15 is 0 Å². The van der Waals surface area contributed by atoms with Gasteiger partial charge >= 0.3 is 0 Å². The zero-order chi connectivity index (χ0) is 8.10. The third-order valence-electron chi connectivity index (χ3n) is 1.24. The Morgan fingerprint density at radius 2 is 2.18 bits per heavy atom. The van der Waals surface area contributed by atoms with Crippen LogP contribution in [0.15, 0.2) is 0 Å². The van der Waals surface area contributed by atoms with Crippen LogP contribution in [0, 0.1) is 10.1 Å². The SMILES string of the molecule is O=[N+]([O-])OCCC1OCCO1. The van der Waals surface area contributed by atoms with Crippen LogP contribution in [0.1, 0.15) is 6.42 Å². The lowest BCUT2D eigenvalue weighted by atomic mass is 10.4. The molecule has 0 aliphatic carbocycles. The van der Waals surface area contributed by atoms with Gasteiger partial charge in [-0.2, -0.15) is 0 Å². The van der Waals surface area contributed by atoms with Gasteiger partial charge in [-0.1, -0.05) is 0 Å². The molecule has 0 aromatic carbocycles. The zero-order valence-corrected chi connectivity index (χ0v) is 5.89. The third-order valence-corrected chi connectivity index (χ3v) is 1.24. The van der Waals surface area contributed by atoms with Crippen molar-refractivity contribution in [3.8, 4) is 0 Å². The molecule has 11 heavy (non-hydrogen) atoms. The number of ether oxygens (including phenoxy) is 2. The summed E-state index contributed by atoms with van der Waals surface area (Å²) in [5.41, 5.74) is 0. The smallest absolute Gasteiger partial charge is 0.294 e. The van der Waals surface area contributed by atoms with Crippen LogP contribution < -0.4 is 0 Å². The molecule has 1 rings (SSSR count). The van der Waals surface area contributed by atoms with Crippen molar-refractivity contribution in [1.29, 1.82) is 0 Å². The molecule has 6 nitrogen and oxygen atoms in total. The summed E-state index contributed by atoms with van der Waals surface area (Å²) < 4.78 is 10.0. The summed E-state index contributed by atoms with van der Waals surface area (Å²) in [5, 5.41) is 8.85. The minimum Gasteiger partial charge on any atom is -0.350 e. The van der Waals surface area contributed by atoms with Crippen LogP contribution in [0.3, 0.4) is 0 Å². The van der Waals surface area contributed by atoms with Crippen LogP contribution in [-0.2, 0) is 14.3 Å². The highest BCUT2D eigenvalue weighted by Gasteiger charge is 2.15. The normalized spacial score (nSPS) is 18.5. The van der Waals surface area contributed by atoms with Crippen molar-refractivity contribution in [2.75, 3.05) is 19.8 Å². The van der Waals surface area contributed by atoms with Crippen molar-refractivity contribution in [2.24, 2.45) is 0 Å². The molecule has 0 spiro atoms. The Kier molecular flexibility index (Phi) is 3.06. The van der Waals surface area contributed by atoms with Crippen LogP contribution in [0.5, 0.6) is 0 Å². The van der Waals surface area contributed by atoms with Crippen LogP contribution in [0.2, 0.25) is 0 Å². The van der Waals surface area contributed by atoms with E-state index in [1.54, 1.807) is 0 Å². The molecule has 1 saturated heterocycles. The van der Waals surface area contributed by atoms with Crippen molar-refractivity contribution >= 4 is 0 Å². The second-order valence-electron chi connectivity index (χ2n) is 2.02. The Labute approximate surface area is 63.1 Å². The third kappa shape index (κ3) is 3.15. The number of hydrogen-bond donors (Lipinski definition) is 0. The van der Waals surface area contributed by atoms with Gasteiger partial charge in [-0.25, -0.2) is 0 Å². The van der Waals surface area contributed by atoms with E-state index in [2.05, 4.69) is 4.84 Å². The highest BCUT2D eigenvalue weighted by Crippen LogP contribution is 2.07. The summed E-state index contributed by atoms with van der Waals surface area (Å²) in [6.45, 7) is 1.14. The minimum absolute atomic E-state index is 0.0255. The lowest BCUT2D eigenvalue weighted by molar-refractivity contribution is -0.758. The summed E-state index contributed by atoms with van der Waals surface area (Å²) in [5.74, 6) is 0. The largest absolute Gasteiger partial charge is 0.350 e. The standard InChI is InChI=1S/C5H9NO5/c7-6(8)11-2-1-5-9-3-4-10-5/h5H,1-4H2. The molecule has 0 aromatic rings. The first-order valence-corrected chi connectivity index (χ1v) is 3.29. The second kappa shape index (κ2) is 4.09. The van der Waals surface area contributed by atoms with Crippen molar-refractivity contribution in [1.82, 2.24) is 0 Å². The van der Waals surface area contributed by atoms with Gasteiger partial charge in [0.05, 0.1) is 13.2 Å². The molecule has 1 heterocycles. The fraction of sp³-hybridized carbons (Fsp3) is 1.00. The second-order valence-corrected chi connectivity index (χ2v) is 2.02. The van der Waals surface area contributed by atoms with E-state index in [9.17, 15) is 10.1 Å². The van der Waals surface area contributed by atoms with Crippen molar-refractivity contribution in [3.05, 3.63) is 10.1 Å². The molecule has 1 aliphatic rings. The fourth-order valence-electron chi connectivity index (χ4n) is 0.797. The van der Waals surface area contributed by atoms with E-state index in [-0.39, 0.29) is 12.9 Å². The van der Waals surface area contributed by atoms with Crippen LogP contribution in [-0.4, -0.2) is 31.2 Å². The summed E-state index contributed by atoms with van der Waals surface area (Å²) in [7, 11) is 0. The topological polar surface area (TPSA) is 70.8 Å². The molecule has 0 radical (unpaired) electrons. The Morgan fingerprint density at radius 1 is 1.55 bits per heavy atom. The van der Waals surface area contributed by atoms with Crippen molar-refractivity contribution < 1.29 is 19.4 Å². The van der Waals surface area contributed by atoms with E-state index in [1.807, 2.05) is 0 Å². The van der Waals surface area contributed by atoms with E-state index < -0.39 is 5.09 Å². The molecule has 1 fully saturated rings. The first-order valence-electron chi connectivity index (χ1n) is 3.29. The molecule has 1 aliphatic heterocycles. The molecule has 0 amide bonds. The van der Waals surface area contributed by atoms with Gasteiger partial charge in [0.2, 0.25) is 0 Å². The zero-order valence-electron chi connectivity index (χ0n) is 5.89. The molecule has 0 unspecified atom stereocenters. The predicted molar refractivity (Wildman–Crippen MR) is 33.3 cm³/mol. The van der Waals surface area contributed by atoms with Gasteiger partial charge in [0, 0.05) is 6.42 Å². The quantitative estimate of drug-likeness (QED) is 0.429. The first kappa shape index (κ1) is 8.22. The molecule has 6 heteroatoms. The van der Waals surface area contributed by atoms with Crippen molar-refractivity contribution in [2.45, 2.75) is 12.7 Å². The first-order chi connectivity index (χ1) is 5.29. The average molecular weight is 163 g/mol. The highest BCUT2D eigenvalue weighted by atomic mass is 16.9. The minimum atomic E-state index is -0.824. The molecule has 0 atom stereocenters. The number of hydrogen-bond acceptors (Lipinski definition) is 5. The van der Waals surface area contributed by atoms with Gasteiger partial charge in [-0.05, 0) is 0 Å². The maximum absolute atomic E-state index is 9.67. The number of nitrogens with zero attached hydrogens (tertiary/aromatic N) is 1.